The first-order valence-corrected chi connectivity index (χ1v) is 13.0. The molecule has 36 heavy (non-hydrogen) atoms. The normalized spacial score (nSPS) is 15.4. The fraction of sp³-hybridized carbons (Fsp3) is 0.630. The number of benzene rings is 1. The maximum absolute atomic E-state index is 11.1. The Balaban J connectivity index is 1.63. The van der Waals surface area contributed by atoms with E-state index in [4.69, 9.17) is 15.2 Å². The first-order valence-electron chi connectivity index (χ1n) is 13.0. The second kappa shape index (κ2) is 13.4. The number of nitrogens with zero attached hydrogens (tertiary/aromatic N) is 4. The Morgan fingerprint density at radius 2 is 2.00 bits per heavy atom. The van der Waals surface area contributed by atoms with Gasteiger partial charge in [0.25, 0.3) is 0 Å². The van der Waals surface area contributed by atoms with Crippen molar-refractivity contribution < 1.29 is 14.3 Å². The minimum atomic E-state index is -0.572. The van der Waals surface area contributed by atoms with Gasteiger partial charge in [-0.05, 0) is 47.1 Å². The Labute approximate surface area is 214 Å². The minimum absolute atomic E-state index is 0.00827. The maximum Gasteiger partial charge on any atom is 0.312 e. The highest BCUT2D eigenvalue weighted by Gasteiger charge is 2.26. The zero-order valence-corrected chi connectivity index (χ0v) is 22.0. The molecule has 0 spiro atoms. The largest absolute Gasteiger partial charge is 0.491 e. The van der Waals surface area contributed by atoms with E-state index in [-0.39, 0.29) is 11.3 Å². The van der Waals surface area contributed by atoms with Crippen LogP contribution in [0.5, 0.6) is 5.75 Å². The van der Waals surface area contributed by atoms with Crippen LogP contribution in [0.4, 0.5) is 4.79 Å². The fourth-order valence-corrected chi connectivity index (χ4v) is 4.44. The highest BCUT2D eigenvalue weighted by atomic mass is 16.5. The van der Waals surface area contributed by atoms with Gasteiger partial charge < -0.3 is 20.5 Å². The molecule has 0 radical (unpaired) electrons. The number of primary amides is 1. The third-order valence-corrected chi connectivity index (χ3v) is 6.86. The predicted octanol–water partition coefficient (Wildman–Crippen LogP) is 4.59. The molecule has 1 saturated carbocycles. The highest BCUT2D eigenvalue weighted by Crippen LogP contribution is 2.33. The van der Waals surface area contributed by atoms with Crippen LogP contribution in [0.1, 0.15) is 76.6 Å². The van der Waals surface area contributed by atoms with Crippen molar-refractivity contribution in [2.75, 3.05) is 19.8 Å². The second-order valence-electron chi connectivity index (χ2n) is 10.7. The SMILES string of the molecule is C=C(C[C@H](COCC1CCCCC1)c1nnnn1CCOc1ccccc1CNC(N)=O)C(C)(C)C. The molecule has 1 atom stereocenters. The number of ether oxygens (including phenoxy) is 2. The average molecular weight is 499 g/mol. The summed E-state index contributed by atoms with van der Waals surface area (Å²) < 4.78 is 14.1. The third-order valence-electron chi connectivity index (χ3n) is 6.86. The van der Waals surface area contributed by atoms with Crippen LogP contribution in [-0.2, 0) is 17.8 Å². The number of amides is 2. The number of aromatic nitrogens is 4. The van der Waals surface area contributed by atoms with Crippen LogP contribution < -0.4 is 15.8 Å². The van der Waals surface area contributed by atoms with E-state index in [1.165, 1.54) is 32.1 Å². The predicted molar refractivity (Wildman–Crippen MR) is 140 cm³/mol. The van der Waals surface area contributed by atoms with Gasteiger partial charge in [-0.15, -0.1) is 5.10 Å². The summed E-state index contributed by atoms with van der Waals surface area (Å²) in [6.45, 7) is 13.4. The molecule has 3 N–H and O–H groups in total. The summed E-state index contributed by atoms with van der Waals surface area (Å²) in [5.74, 6) is 2.15. The Bertz CT molecular complexity index is 978. The molecule has 2 aromatic rings. The molecule has 0 saturated heterocycles. The number of nitrogens with one attached hydrogen (secondary N) is 1. The third kappa shape index (κ3) is 8.62. The lowest BCUT2D eigenvalue weighted by atomic mass is 9.82. The maximum atomic E-state index is 11.1. The number of hydrogen-bond acceptors (Lipinski definition) is 6. The lowest BCUT2D eigenvalue weighted by molar-refractivity contribution is 0.0720. The van der Waals surface area contributed by atoms with E-state index in [0.29, 0.717) is 38.0 Å². The number of carbonyl (C=O) groups excluding carboxylic acids is 1. The first kappa shape index (κ1) is 27.6. The number of nitrogens with two attached hydrogens (primary N) is 1. The van der Waals surface area contributed by atoms with Crippen molar-refractivity contribution in [1.29, 1.82) is 0 Å². The Morgan fingerprint density at radius 3 is 2.72 bits per heavy atom. The fourth-order valence-electron chi connectivity index (χ4n) is 4.44. The number of rotatable bonds is 13. The topological polar surface area (TPSA) is 117 Å². The van der Waals surface area contributed by atoms with E-state index >= 15 is 0 Å². The van der Waals surface area contributed by atoms with Crippen LogP contribution >= 0.6 is 0 Å². The summed E-state index contributed by atoms with van der Waals surface area (Å²) in [4.78, 5) is 11.1. The van der Waals surface area contributed by atoms with E-state index in [9.17, 15) is 4.79 Å². The zero-order valence-electron chi connectivity index (χ0n) is 22.0. The van der Waals surface area contributed by atoms with Gasteiger partial charge in [-0.3, -0.25) is 0 Å². The van der Waals surface area contributed by atoms with Crippen LogP contribution in [0.2, 0.25) is 0 Å². The van der Waals surface area contributed by atoms with Crippen molar-refractivity contribution in [3.8, 4) is 5.75 Å². The van der Waals surface area contributed by atoms with Crippen LogP contribution in [0.3, 0.4) is 0 Å². The summed E-state index contributed by atoms with van der Waals surface area (Å²) in [6.07, 6.45) is 7.22. The molecule has 1 fully saturated rings. The Hall–Kier alpha value is -2.94. The molecule has 9 heteroatoms. The molecule has 1 aromatic heterocycles. The summed E-state index contributed by atoms with van der Waals surface area (Å²) in [5, 5.41) is 15.2. The van der Waals surface area contributed by atoms with Crippen molar-refractivity contribution in [3.63, 3.8) is 0 Å². The van der Waals surface area contributed by atoms with Gasteiger partial charge >= 0.3 is 6.03 Å². The van der Waals surface area contributed by atoms with Crippen LogP contribution in [0, 0.1) is 11.3 Å². The average Bonchev–Trinajstić information content (AvgIpc) is 3.31. The number of tetrazole rings is 1. The molecule has 1 aliphatic carbocycles. The van der Waals surface area contributed by atoms with Crippen molar-refractivity contribution >= 4 is 6.03 Å². The summed E-state index contributed by atoms with van der Waals surface area (Å²) in [6, 6.07) is 6.98. The van der Waals surface area contributed by atoms with Gasteiger partial charge in [0.15, 0.2) is 5.82 Å². The monoisotopic (exact) mass is 498 g/mol. The van der Waals surface area contributed by atoms with E-state index < -0.39 is 6.03 Å². The van der Waals surface area contributed by atoms with Crippen molar-refractivity contribution in [3.05, 3.63) is 47.8 Å². The molecular weight excluding hydrogens is 456 g/mol. The first-order chi connectivity index (χ1) is 17.2. The van der Waals surface area contributed by atoms with Gasteiger partial charge in [0.05, 0.1) is 13.2 Å². The standard InChI is InChI=1S/C27H42N6O3/c1-20(27(2,3)4)16-23(19-35-18-21-10-6-5-7-11-21)25-30-31-32-33(25)14-15-36-24-13-9-8-12-22(24)17-29-26(28)34/h8-9,12-13,21,23H,1,5-7,10-11,14-19H2,2-4H3,(H3,28,29,34)/t23-/m1/s1. The number of urea groups is 1. The van der Waals surface area contributed by atoms with Crippen molar-refractivity contribution in [2.24, 2.45) is 17.1 Å². The van der Waals surface area contributed by atoms with Gasteiger partial charge in [0.1, 0.15) is 12.4 Å². The number of allylic oxidation sites excluding steroid dienone is 1. The quantitative estimate of drug-likeness (QED) is 0.390. The van der Waals surface area contributed by atoms with E-state index in [2.05, 4.69) is 48.2 Å². The minimum Gasteiger partial charge on any atom is -0.491 e. The molecule has 9 nitrogen and oxygen atoms in total. The molecule has 0 unspecified atom stereocenters. The van der Waals surface area contributed by atoms with E-state index in [1.54, 1.807) is 4.68 Å². The van der Waals surface area contributed by atoms with Crippen molar-refractivity contribution in [1.82, 2.24) is 25.5 Å². The highest BCUT2D eigenvalue weighted by molar-refractivity contribution is 5.71. The lowest BCUT2D eigenvalue weighted by Crippen LogP contribution is -2.28. The summed E-state index contributed by atoms with van der Waals surface area (Å²) in [7, 11) is 0. The van der Waals surface area contributed by atoms with E-state index in [1.807, 2.05) is 24.3 Å². The molecule has 3 rings (SSSR count). The summed E-state index contributed by atoms with van der Waals surface area (Å²) in [5.41, 5.74) is 7.20. The molecule has 0 bridgehead atoms. The molecular formula is C27H42N6O3. The smallest absolute Gasteiger partial charge is 0.312 e. The molecule has 2 amide bonds. The molecule has 1 aromatic carbocycles. The molecule has 1 heterocycles. The number of carbonyl (C=O) groups is 1. The number of para-hydroxylation sites is 1. The van der Waals surface area contributed by atoms with Gasteiger partial charge in [0.2, 0.25) is 0 Å². The van der Waals surface area contributed by atoms with Gasteiger partial charge in [0, 0.05) is 24.6 Å². The molecule has 1 aliphatic rings. The zero-order chi connectivity index (χ0) is 26.0. The van der Waals surface area contributed by atoms with Crippen LogP contribution in [-0.4, -0.2) is 46.1 Å². The van der Waals surface area contributed by atoms with Gasteiger partial charge in [-0.2, -0.15) is 0 Å². The van der Waals surface area contributed by atoms with Crippen LogP contribution in [0.25, 0.3) is 0 Å². The summed E-state index contributed by atoms with van der Waals surface area (Å²) >= 11 is 0. The van der Waals surface area contributed by atoms with Gasteiger partial charge in [-0.1, -0.05) is 70.4 Å². The lowest BCUT2D eigenvalue weighted by Gasteiger charge is -2.27. The van der Waals surface area contributed by atoms with Gasteiger partial charge in [-0.25, -0.2) is 9.48 Å². The Morgan fingerprint density at radius 1 is 1.25 bits per heavy atom. The molecule has 0 aliphatic heterocycles. The van der Waals surface area contributed by atoms with Crippen LogP contribution in [0.15, 0.2) is 36.4 Å². The Kier molecular flexibility index (Phi) is 10.3. The molecule has 198 valence electrons. The second-order valence-corrected chi connectivity index (χ2v) is 10.7. The van der Waals surface area contributed by atoms with E-state index in [0.717, 1.165) is 30.0 Å². The van der Waals surface area contributed by atoms with Crippen molar-refractivity contribution in [2.45, 2.75) is 78.3 Å². The number of hydrogen-bond donors (Lipinski definition) is 2.